The number of hydrogen-bond acceptors (Lipinski definition) is 3. The summed E-state index contributed by atoms with van der Waals surface area (Å²) in [5.74, 6) is 0.821. The maximum atomic E-state index is 13.7. The standard InChI is InChI=1S/C28H23ClN2O3/c29-19-10-8-17(9-11-19)20-4-1-2-5-23(20)28(33)31-16-18-14-24(18)25(31)15-30-27(32)22-6-3-7-26-21(22)12-13-34-26/h1-13,18,24-25H,14-16H2,(H,30,32)/t18-,24-,25-/m1/s1. The van der Waals surface area contributed by atoms with Crippen LogP contribution in [0.25, 0.3) is 22.1 Å². The van der Waals surface area contributed by atoms with Crippen LogP contribution in [0.2, 0.25) is 5.02 Å². The summed E-state index contributed by atoms with van der Waals surface area (Å²) < 4.78 is 5.42. The Kier molecular flexibility index (Phi) is 5.15. The Morgan fingerprint density at radius 2 is 1.76 bits per heavy atom. The SMILES string of the molecule is O=C(NC[C@@H]1[C@@H]2C[C@@H]2CN1C(=O)c1ccccc1-c1ccc(Cl)cc1)c1cccc2occc12. The van der Waals surface area contributed by atoms with Crippen molar-refractivity contribution in [1.82, 2.24) is 10.2 Å². The normalized spacial score (nSPS) is 20.9. The summed E-state index contributed by atoms with van der Waals surface area (Å²) in [6, 6.07) is 22.5. The fourth-order valence-corrected chi connectivity index (χ4v) is 5.38. The van der Waals surface area contributed by atoms with E-state index in [1.807, 2.05) is 65.6 Å². The molecular formula is C28H23ClN2O3. The van der Waals surface area contributed by atoms with E-state index in [0.29, 0.717) is 40.1 Å². The molecule has 0 unspecified atom stereocenters. The molecule has 3 atom stereocenters. The number of fused-ring (bicyclic) bond motifs is 2. The zero-order valence-electron chi connectivity index (χ0n) is 18.4. The van der Waals surface area contributed by atoms with Crippen molar-refractivity contribution in [2.45, 2.75) is 12.5 Å². The summed E-state index contributed by atoms with van der Waals surface area (Å²) in [5, 5.41) is 4.53. The highest BCUT2D eigenvalue weighted by Crippen LogP contribution is 2.50. The van der Waals surface area contributed by atoms with Gasteiger partial charge in [0.2, 0.25) is 0 Å². The van der Waals surface area contributed by atoms with E-state index in [4.69, 9.17) is 16.0 Å². The van der Waals surface area contributed by atoms with Gasteiger partial charge in [-0.3, -0.25) is 9.59 Å². The molecule has 170 valence electrons. The number of nitrogens with zero attached hydrogens (tertiary/aromatic N) is 1. The topological polar surface area (TPSA) is 62.6 Å². The molecule has 2 fully saturated rings. The number of halogens is 1. The highest BCUT2D eigenvalue weighted by atomic mass is 35.5. The van der Waals surface area contributed by atoms with Crippen LogP contribution in [0.5, 0.6) is 0 Å². The van der Waals surface area contributed by atoms with Gasteiger partial charge in [0, 0.05) is 29.1 Å². The predicted molar refractivity (Wildman–Crippen MR) is 132 cm³/mol. The Labute approximate surface area is 202 Å². The maximum Gasteiger partial charge on any atom is 0.254 e. The average Bonchev–Trinajstić information content (AvgIpc) is 3.29. The van der Waals surface area contributed by atoms with Gasteiger partial charge >= 0.3 is 0 Å². The molecule has 0 bridgehead atoms. The van der Waals surface area contributed by atoms with E-state index in [0.717, 1.165) is 29.5 Å². The Hall–Kier alpha value is -3.57. The summed E-state index contributed by atoms with van der Waals surface area (Å²) in [6.07, 6.45) is 2.70. The Balaban J connectivity index is 1.23. The molecule has 1 saturated heterocycles. The quantitative estimate of drug-likeness (QED) is 0.410. The summed E-state index contributed by atoms with van der Waals surface area (Å²) >= 11 is 6.06. The molecule has 1 aromatic heterocycles. The molecule has 0 spiro atoms. The minimum Gasteiger partial charge on any atom is -0.464 e. The van der Waals surface area contributed by atoms with Gasteiger partial charge in [-0.25, -0.2) is 0 Å². The van der Waals surface area contributed by atoms with Crippen LogP contribution in [0.4, 0.5) is 0 Å². The van der Waals surface area contributed by atoms with E-state index in [1.54, 1.807) is 18.4 Å². The average molecular weight is 471 g/mol. The highest BCUT2D eigenvalue weighted by molar-refractivity contribution is 6.30. The van der Waals surface area contributed by atoms with Crippen molar-refractivity contribution in [2.24, 2.45) is 11.8 Å². The van der Waals surface area contributed by atoms with E-state index >= 15 is 0 Å². The smallest absolute Gasteiger partial charge is 0.254 e. The monoisotopic (exact) mass is 470 g/mol. The number of likely N-dealkylation sites (tertiary alicyclic amines) is 1. The van der Waals surface area contributed by atoms with Crippen molar-refractivity contribution in [1.29, 1.82) is 0 Å². The largest absolute Gasteiger partial charge is 0.464 e. The van der Waals surface area contributed by atoms with Gasteiger partial charge in [-0.2, -0.15) is 0 Å². The molecular weight excluding hydrogens is 448 g/mol. The third-order valence-corrected chi connectivity index (χ3v) is 7.34. The van der Waals surface area contributed by atoms with Gasteiger partial charge in [0.1, 0.15) is 5.58 Å². The zero-order valence-corrected chi connectivity index (χ0v) is 19.2. The second-order valence-electron chi connectivity index (χ2n) is 9.08. The fourth-order valence-electron chi connectivity index (χ4n) is 5.26. The predicted octanol–water partition coefficient (Wildman–Crippen LogP) is 5.64. The van der Waals surface area contributed by atoms with Crippen molar-refractivity contribution in [3.8, 4) is 11.1 Å². The highest BCUT2D eigenvalue weighted by Gasteiger charge is 2.54. The minimum atomic E-state index is -0.148. The number of furan rings is 1. The molecule has 1 aliphatic carbocycles. The Morgan fingerprint density at radius 1 is 0.971 bits per heavy atom. The molecule has 1 N–H and O–H groups in total. The summed E-state index contributed by atoms with van der Waals surface area (Å²) in [7, 11) is 0. The summed E-state index contributed by atoms with van der Waals surface area (Å²) in [4.78, 5) is 28.6. The van der Waals surface area contributed by atoms with Crippen LogP contribution in [0.1, 0.15) is 27.1 Å². The Bertz CT molecular complexity index is 1390. The van der Waals surface area contributed by atoms with Crippen LogP contribution in [0, 0.1) is 11.8 Å². The molecule has 1 aliphatic heterocycles. The molecule has 1 saturated carbocycles. The number of benzene rings is 3. The molecule has 3 aromatic carbocycles. The maximum absolute atomic E-state index is 13.7. The van der Waals surface area contributed by atoms with Crippen molar-refractivity contribution >= 4 is 34.4 Å². The lowest BCUT2D eigenvalue weighted by atomic mass is 9.98. The van der Waals surface area contributed by atoms with E-state index in [1.165, 1.54) is 0 Å². The van der Waals surface area contributed by atoms with Crippen molar-refractivity contribution < 1.29 is 14.0 Å². The molecule has 2 heterocycles. The number of carbonyl (C=O) groups excluding carboxylic acids is 2. The molecule has 2 amide bonds. The van der Waals surface area contributed by atoms with Crippen LogP contribution in [-0.2, 0) is 0 Å². The van der Waals surface area contributed by atoms with Gasteiger partial charge in [0.25, 0.3) is 11.8 Å². The van der Waals surface area contributed by atoms with Crippen LogP contribution in [0.3, 0.4) is 0 Å². The first-order chi connectivity index (χ1) is 16.6. The van der Waals surface area contributed by atoms with Crippen LogP contribution in [0.15, 0.2) is 83.5 Å². The molecule has 5 nitrogen and oxygen atoms in total. The number of piperidine rings is 1. The van der Waals surface area contributed by atoms with E-state index < -0.39 is 0 Å². The van der Waals surface area contributed by atoms with Gasteiger partial charge in [0.15, 0.2) is 0 Å². The van der Waals surface area contributed by atoms with Gasteiger partial charge in [-0.1, -0.05) is 48.0 Å². The molecule has 6 rings (SSSR count). The van der Waals surface area contributed by atoms with Crippen molar-refractivity contribution in [2.75, 3.05) is 13.1 Å². The number of rotatable bonds is 5. The van der Waals surface area contributed by atoms with Crippen molar-refractivity contribution in [3.63, 3.8) is 0 Å². The second-order valence-corrected chi connectivity index (χ2v) is 9.52. The number of hydrogen-bond donors (Lipinski definition) is 1. The second kappa shape index (κ2) is 8.33. The lowest BCUT2D eigenvalue weighted by Gasteiger charge is -2.28. The van der Waals surface area contributed by atoms with Crippen LogP contribution >= 0.6 is 11.6 Å². The summed E-state index contributed by atoms with van der Waals surface area (Å²) in [5.41, 5.74) is 3.79. The fraction of sp³-hybridized carbons (Fsp3) is 0.214. The van der Waals surface area contributed by atoms with Gasteiger partial charge in [-0.15, -0.1) is 0 Å². The number of carbonyl (C=O) groups is 2. The Morgan fingerprint density at radius 3 is 2.62 bits per heavy atom. The lowest BCUT2D eigenvalue weighted by molar-refractivity contribution is 0.0695. The van der Waals surface area contributed by atoms with Gasteiger partial charge < -0.3 is 14.6 Å². The number of nitrogens with one attached hydrogen (secondary N) is 1. The third kappa shape index (κ3) is 3.66. The minimum absolute atomic E-state index is 0.00827. The first kappa shape index (κ1) is 21.0. The van der Waals surface area contributed by atoms with Crippen molar-refractivity contribution in [3.05, 3.63) is 95.2 Å². The molecule has 2 aliphatic rings. The van der Waals surface area contributed by atoms with E-state index in [2.05, 4.69) is 5.32 Å². The third-order valence-electron chi connectivity index (χ3n) is 7.09. The molecule has 34 heavy (non-hydrogen) atoms. The zero-order chi connectivity index (χ0) is 23.2. The first-order valence-electron chi connectivity index (χ1n) is 11.5. The van der Waals surface area contributed by atoms with Crippen LogP contribution in [-0.4, -0.2) is 35.8 Å². The molecule has 0 radical (unpaired) electrons. The van der Waals surface area contributed by atoms with Gasteiger partial charge in [0.05, 0.1) is 17.9 Å². The van der Waals surface area contributed by atoms with E-state index in [9.17, 15) is 9.59 Å². The number of amides is 2. The van der Waals surface area contributed by atoms with Crippen LogP contribution < -0.4 is 5.32 Å². The lowest BCUT2D eigenvalue weighted by Crippen LogP contribution is -2.45. The first-order valence-corrected chi connectivity index (χ1v) is 11.9. The van der Waals surface area contributed by atoms with Gasteiger partial charge in [-0.05, 0) is 65.8 Å². The molecule has 6 heteroatoms. The summed E-state index contributed by atoms with van der Waals surface area (Å²) in [6.45, 7) is 1.17. The van der Waals surface area contributed by atoms with E-state index in [-0.39, 0.29) is 17.9 Å². The molecule has 4 aromatic rings.